The topological polar surface area (TPSA) is 85.4 Å². The Labute approximate surface area is 205 Å². The van der Waals surface area contributed by atoms with Crippen molar-refractivity contribution in [2.24, 2.45) is 0 Å². The Morgan fingerprint density at radius 2 is 1.94 bits per heavy atom. The van der Waals surface area contributed by atoms with E-state index in [4.69, 9.17) is 16.3 Å². The Hall–Kier alpha value is -2.81. The molecular weight excluding hydrogens is 456 g/mol. The molecule has 34 heavy (non-hydrogen) atoms. The van der Waals surface area contributed by atoms with Gasteiger partial charge in [-0.3, -0.25) is 14.6 Å². The van der Waals surface area contributed by atoms with Gasteiger partial charge in [0.2, 0.25) is 5.91 Å². The Kier molecular flexibility index (Phi) is 7.92. The van der Waals surface area contributed by atoms with Crippen molar-refractivity contribution in [3.8, 4) is 0 Å². The van der Waals surface area contributed by atoms with Crippen molar-refractivity contribution in [1.82, 2.24) is 4.90 Å². The van der Waals surface area contributed by atoms with Crippen molar-refractivity contribution in [2.75, 3.05) is 54.4 Å². The van der Waals surface area contributed by atoms with Crippen LogP contribution in [-0.2, 0) is 16.1 Å². The number of fused-ring (bicyclic) bond motifs is 1. The summed E-state index contributed by atoms with van der Waals surface area (Å²) in [6.07, 6.45) is 1.20. The van der Waals surface area contributed by atoms with E-state index in [0.717, 1.165) is 55.1 Å². The number of carbonyl (C=O) groups is 2. The van der Waals surface area contributed by atoms with E-state index < -0.39 is 0 Å². The zero-order valence-electron chi connectivity index (χ0n) is 19.4. The van der Waals surface area contributed by atoms with E-state index in [1.54, 1.807) is 11.0 Å². The second-order valence-electron chi connectivity index (χ2n) is 8.60. The number of aliphatic hydroxyl groups is 1. The van der Waals surface area contributed by atoms with E-state index in [9.17, 15) is 14.7 Å². The molecular formula is C25H31ClN4O4. The molecule has 1 fully saturated rings. The van der Waals surface area contributed by atoms with Gasteiger partial charge in [0, 0.05) is 54.2 Å². The number of likely N-dealkylation sites (N-methyl/N-ethyl adjacent to an activating group) is 1. The number of aliphatic hydroxyl groups excluding tert-OH is 1. The molecule has 1 saturated heterocycles. The smallest absolute Gasteiger partial charge is 0.414 e. The van der Waals surface area contributed by atoms with Crippen molar-refractivity contribution in [3.05, 3.63) is 53.1 Å². The number of amides is 2. The van der Waals surface area contributed by atoms with Gasteiger partial charge in [0.05, 0.1) is 18.8 Å². The third-order valence-corrected chi connectivity index (χ3v) is 6.64. The lowest BCUT2D eigenvalue weighted by molar-refractivity contribution is -0.117. The normalized spacial score (nSPS) is 16.7. The highest BCUT2D eigenvalue weighted by Gasteiger charge is 2.34. The number of hydrogen-bond acceptors (Lipinski definition) is 6. The van der Waals surface area contributed by atoms with Crippen LogP contribution in [0.2, 0.25) is 5.02 Å². The lowest BCUT2D eigenvalue weighted by atomic mass is 10.0. The summed E-state index contributed by atoms with van der Waals surface area (Å²) in [7, 11) is 0. The van der Waals surface area contributed by atoms with Crippen LogP contribution in [0.5, 0.6) is 0 Å². The summed E-state index contributed by atoms with van der Waals surface area (Å²) in [5.74, 6) is -0.0636. The minimum Gasteiger partial charge on any atom is -0.444 e. The number of benzene rings is 2. The number of rotatable bonds is 8. The number of hydrogen-bond donors (Lipinski definition) is 2. The first-order valence-corrected chi connectivity index (χ1v) is 12.1. The van der Waals surface area contributed by atoms with Crippen LogP contribution in [0.4, 0.5) is 21.9 Å². The Bertz CT molecular complexity index is 1010. The molecule has 8 nitrogen and oxygen atoms in total. The molecule has 2 aliphatic rings. The summed E-state index contributed by atoms with van der Waals surface area (Å²) < 4.78 is 5.36. The number of nitrogens with one attached hydrogen (secondary N) is 1. The molecule has 0 bridgehead atoms. The molecule has 9 heteroatoms. The largest absolute Gasteiger partial charge is 0.444 e. The summed E-state index contributed by atoms with van der Waals surface area (Å²) in [6.45, 7) is 5.50. The van der Waals surface area contributed by atoms with Gasteiger partial charge in [-0.15, -0.1) is 0 Å². The van der Waals surface area contributed by atoms with Gasteiger partial charge in [0.15, 0.2) is 0 Å². The molecule has 2 heterocycles. The molecule has 0 aromatic heterocycles. The maximum absolute atomic E-state index is 12.6. The zero-order chi connectivity index (χ0) is 24.1. The Balaban J connectivity index is 1.29. The lowest BCUT2D eigenvalue weighted by Crippen LogP contribution is -2.50. The van der Waals surface area contributed by atoms with Crippen molar-refractivity contribution in [3.63, 3.8) is 0 Å². The fourth-order valence-corrected chi connectivity index (χ4v) is 4.84. The van der Waals surface area contributed by atoms with Gasteiger partial charge >= 0.3 is 6.09 Å². The monoisotopic (exact) mass is 486 g/mol. The molecule has 182 valence electrons. The standard InChI is InChI=1S/C25H31ClN4O4/c1-2-29(13-14-31)21-6-4-20(5-7-21)27-24(32)16-28-11-9-22(10-12-28)30-23-8-3-19(26)15-18(23)17-34-25(30)33/h3-8,15,22,31H,2,9-14,16-17H2,1H3,(H,27,32). The van der Waals surface area contributed by atoms with E-state index in [2.05, 4.69) is 15.1 Å². The van der Waals surface area contributed by atoms with E-state index in [0.29, 0.717) is 18.1 Å². The van der Waals surface area contributed by atoms with Crippen LogP contribution in [0.3, 0.4) is 0 Å². The van der Waals surface area contributed by atoms with Gasteiger partial charge in [-0.25, -0.2) is 4.79 Å². The molecule has 0 aliphatic carbocycles. The minimum atomic E-state index is -0.324. The Morgan fingerprint density at radius 1 is 1.21 bits per heavy atom. The highest BCUT2D eigenvalue weighted by atomic mass is 35.5. The fourth-order valence-electron chi connectivity index (χ4n) is 4.64. The molecule has 4 rings (SSSR count). The number of ether oxygens (including phenoxy) is 1. The van der Waals surface area contributed by atoms with Crippen LogP contribution in [0.1, 0.15) is 25.3 Å². The van der Waals surface area contributed by atoms with Crippen LogP contribution in [0, 0.1) is 0 Å². The number of likely N-dealkylation sites (tertiary alicyclic amines) is 1. The number of anilines is 3. The highest BCUT2D eigenvalue weighted by Crippen LogP contribution is 2.33. The average molecular weight is 487 g/mol. The van der Waals surface area contributed by atoms with Crippen molar-refractivity contribution >= 4 is 40.7 Å². The quantitative estimate of drug-likeness (QED) is 0.591. The molecule has 2 amide bonds. The van der Waals surface area contributed by atoms with Crippen molar-refractivity contribution < 1.29 is 19.4 Å². The molecule has 2 aliphatic heterocycles. The summed E-state index contributed by atoms with van der Waals surface area (Å²) >= 11 is 6.10. The lowest BCUT2D eigenvalue weighted by Gasteiger charge is -2.40. The van der Waals surface area contributed by atoms with Crippen LogP contribution < -0.4 is 15.1 Å². The molecule has 2 N–H and O–H groups in total. The number of halogens is 1. The number of carbonyl (C=O) groups excluding carboxylic acids is 2. The van der Waals surface area contributed by atoms with Gasteiger partial charge in [-0.2, -0.15) is 0 Å². The first-order chi connectivity index (χ1) is 16.5. The molecule has 2 aromatic carbocycles. The average Bonchev–Trinajstić information content (AvgIpc) is 2.84. The number of piperidine rings is 1. The van der Waals surface area contributed by atoms with E-state index in [-0.39, 0.29) is 31.3 Å². The zero-order valence-corrected chi connectivity index (χ0v) is 20.1. The van der Waals surface area contributed by atoms with E-state index in [1.807, 2.05) is 43.3 Å². The summed E-state index contributed by atoms with van der Waals surface area (Å²) in [5, 5.41) is 12.8. The second kappa shape index (κ2) is 11.1. The van der Waals surface area contributed by atoms with Gasteiger partial charge in [0.25, 0.3) is 0 Å². The number of nitrogens with zero attached hydrogens (tertiary/aromatic N) is 3. The molecule has 0 radical (unpaired) electrons. The summed E-state index contributed by atoms with van der Waals surface area (Å²) in [5.41, 5.74) is 3.53. The summed E-state index contributed by atoms with van der Waals surface area (Å²) in [6, 6.07) is 13.2. The molecule has 0 saturated carbocycles. The molecule has 0 spiro atoms. The van der Waals surface area contributed by atoms with Gasteiger partial charge < -0.3 is 20.1 Å². The third kappa shape index (κ3) is 5.63. The summed E-state index contributed by atoms with van der Waals surface area (Å²) in [4.78, 5) is 31.0. The maximum Gasteiger partial charge on any atom is 0.414 e. The number of cyclic esters (lactones) is 1. The van der Waals surface area contributed by atoms with E-state index in [1.165, 1.54) is 0 Å². The maximum atomic E-state index is 12.6. The Morgan fingerprint density at radius 3 is 2.62 bits per heavy atom. The minimum absolute atomic E-state index is 0.0278. The molecule has 2 aromatic rings. The van der Waals surface area contributed by atoms with Gasteiger partial charge in [0.1, 0.15) is 6.61 Å². The third-order valence-electron chi connectivity index (χ3n) is 6.41. The first kappa shape index (κ1) is 24.3. The van der Waals surface area contributed by atoms with E-state index >= 15 is 0 Å². The van der Waals surface area contributed by atoms with Crippen LogP contribution in [-0.4, -0.2) is 67.4 Å². The predicted octanol–water partition coefficient (Wildman–Crippen LogP) is 3.72. The van der Waals surface area contributed by atoms with Gasteiger partial charge in [-0.1, -0.05) is 11.6 Å². The van der Waals surface area contributed by atoms with Crippen molar-refractivity contribution in [2.45, 2.75) is 32.4 Å². The highest BCUT2D eigenvalue weighted by molar-refractivity contribution is 6.30. The fraction of sp³-hybridized carbons (Fsp3) is 0.440. The van der Waals surface area contributed by atoms with Gasteiger partial charge in [-0.05, 0) is 62.2 Å². The predicted molar refractivity (Wildman–Crippen MR) is 134 cm³/mol. The van der Waals surface area contributed by atoms with Crippen molar-refractivity contribution in [1.29, 1.82) is 0 Å². The molecule has 0 atom stereocenters. The second-order valence-corrected chi connectivity index (χ2v) is 9.04. The van der Waals surface area contributed by atoms with Crippen LogP contribution in [0.15, 0.2) is 42.5 Å². The van der Waals surface area contributed by atoms with Crippen LogP contribution in [0.25, 0.3) is 0 Å². The molecule has 0 unspecified atom stereocenters. The van der Waals surface area contributed by atoms with Crippen LogP contribution >= 0.6 is 11.6 Å². The SMILES string of the molecule is CCN(CCO)c1ccc(NC(=O)CN2CCC(N3C(=O)OCc4cc(Cl)ccc43)CC2)cc1. The first-order valence-electron chi connectivity index (χ1n) is 11.7.